The average molecular weight is 325 g/mol. The van der Waals surface area contributed by atoms with Gasteiger partial charge in [-0.3, -0.25) is 9.59 Å². The van der Waals surface area contributed by atoms with E-state index in [0.717, 1.165) is 25.1 Å². The van der Waals surface area contributed by atoms with Gasteiger partial charge in [0.25, 0.3) is 0 Å². The summed E-state index contributed by atoms with van der Waals surface area (Å²) in [5.74, 6) is 0.529. The van der Waals surface area contributed by atoms with Crippen LogP contribution in [0.4, 0.5) is 0 Å². The normalized spacial score (nSPS) is 17.4. The molecule has 0 aromatic heterocycles. The van der Waals surface area contributed by atoms with Crippen molar-refractivity contribution in [2.45, 2.75) is 32.6 Å². The average Bonchev–Trinajstić information content (AvgIpc) is 2.52. The highest BCUT2D eigenvalue weighted by atomic mass is 35.5. The van der Waals surface area contributed by atoms with Gasteiger partial charge in [0.05, 0.1) is 0 Å². The van der Waals surface area contributed by atoms with Crippen molar-refractivity contribution >= 4 is 24.1 Å². The number of nitrogens with one attached hydrogen (secondary N) is 2. The van der Waals surface area contributed by atoms with Crippen LogP contribution in [-0.2, 0) is 4.79 Å². The lowest BCUT2D eigenvalue weighted by Crippen LogP contribution is -2.38. The molecule has 122 valence electrons. The van der Waals surface area contributed by atoms with Gasteiger partial charge in [0.1, 0.15) is 0 Å². The first-order chi connectivity index (χ1) is 10.1. The second-order valence-corrected chi connectivity index (χ2v) is 5.81. The van der Waals surface area contributed by atoms with Crippen LogP contribution in [0.15, 0.2) is 24.3 Å². The molecule has 1 aliphatic rings. The maximum absolute atomic E-state index is 12.0. The minimum absolute atomic E-state index is 0. The van der Waals surface area contributed by atoms with Crippen LogP contribution < -0.4 is 10.6 Å². The van der Waals surface area contributed by atoms with Gasteiger partial charge in [-0.25, -0.2) is 0 Å². The van der Waals surface area contributed by atoms with Crippen molar-refractivity contribution in [2.24, 2.45) is 5.92 Å². The first-order valence-electron chi connectivity index (χ1n) is 7.72. The van der Waals surface area contributed by atoms with Gasteiger partial charge < -0.3 is 10.6 Å². The van der Waals surface area contributed by atoms with E-state index in [2.05, 4.69) is 10.6 Å². The summed E-state index contributed by atoms with van der Waals surface area (Å²) >= 11 is 0. The summed E-state index contributed by atoms with van der Waals surface area (Å²) in [6.07, 6.45) is 2.88. The van der Waals surface area contributed by atoms with E-state index in [0.29, 0.717) is 18.0 Å². The van der Waals surface area contributed by atoms with Crippen LogP contribution in [0.1, 0.15) is 41.6 Å². The first kappa shape index (κ1) is 18.7. The van der Waals surface area contributed by atoms with Gasteiger partial charge in [-0.05, 0) is 38.8 Å². The molecule has 1 saturated heterocycles. The Morgan fingerprint density at radius 3 is 2.59 bits per heavy atom. The van der Waals surface area contributed by atoms with Gasteiger partial charge in [-0.15, -0.1) is 12.4 Å². The molecule has 2 rings (SSSR count). The van der Waals surface area contributed by atoms with Crippen LogP contribution in [0, 0.1) is 12.8 Å². The molecule has 1 aliphatic heterocycles. The predicted molar refractivity (Wildman–Crippen MR) is 90.6 cm³/mol. The van der Waals surface area contributed by atoms with Crippen molar-refractivity contribution in [3.8, 4) is 0 Å². The molecule has 1 amide bonds. The van der Waals surface area contributed by atoms with Crippen LogP contribution in [-0.4, -0.2) is 31.3 Å². The fraction of sp³-hybridized carbons (Fsp3) is 0.529. The zero-order chi connectivity index (χ0) is 15.1. The molecular weight excluding hydrogens is 300 g/mol. The number of carbonyl (C=O) groups excluding carboxylic acids is 2. The van der Waals surface area contributed by atoms with E-state index in [4.69, 9.17) is 0 Å². The van der Waals surface area contributed by atoms with E-state index in [1.165, 1.54) is 6.42 Å². The number of carbonyl (C=O) groups is 2. The monoisotopic (exact) mass is 324 g/mol. The standard InChI is InChI=1S/C17H24N2O2.ClH/c1-13-4-6-15(7-5-13)16(20)8-9-17(21)19-12-14-3-2-10-18-11-14;/h4-7,14,18H,2-3,8-12H2,1H3,(H,19,21);1H. The molecule has 5 heteroatoms. The third kappa shape index (κ3) is 6.16. The molecule has 1 fully saturated rings. The lowest BCUT2D eigenvalue weighted by Gasteiger charge is -2.22. The summed E-state index contributed by atoms with van der Waals surface area (Å²) in [4.78, 5) is 23.8. The minimum Gasteiger partial charge on any atom is -0.356 e. The van der Waals surface area contributed by atoms with E-state index in [1.54, 1.807) is 0 Å². The highest BCUT2D eigenvalue weighted by Gasteiger charge is 2.14. The predicted octanol–water partition coefficient (Wildman–Crippen LogP) is 2.50. The number of piperidine rings is 1. The minimum atomic E-state index is -0.0268. The van der Waals surface area contributed by atoms with Gasteiger partial charge in [-0.1, -0.05) is 29.8 Å². The molecule has 0 bridgehead atoms. The Kier molecular flexibility index (Phi) is 8.13. The number of rotatable bonds is 6. The number of hydrogen-bond donors (Lipinski definition) is 2. The lowest BCUT2D eigenvalue weighted by molar-refractivity contribution is -0.121. The molecular formula is C17H25ClN2O2. The van der Waals surface area contributed by atoms with Crippen LogP contribution >= 0.6 is 12.4 Å². The summed E-state index contributed by atoms with van der Waals surface area (Å²) < 4.78 is 0. The van der Waals surface area contributed by atoms with Crippen molar-refractivity contribution in [1.29, 1.82) is 0 Å². The maximum Gasteiger partial charge on any atom is 0.220 e. The smallest absolute Gasteiger partial charge is 0.220 e. The van der Waals surface area contributed by atoms with Crippen molar-refractivity contribution in [3.63, 3.8) is 0 Å². The third-order valence-electron chi connectivity index (χ3n) is 3.94. The molecule has 1 aromatic carbocycles. The quantitative estimate of drug-likeness (QED) is 0.790. The molecule has 1 aromatic rings. The Hall–Kier alpha value is -1.39. The number of halogens is 1. The fourth-order valence-corrected chi connectivity index (χ4v) is 2.56. The van der Waals surface area contributed by atoms with Crippen molar-refractivity contribution in [1.82, 2.24) is 10.6 Å². The fourth-order valence-electron chi connectivity index (χ4n) is 2.56. The van der Waals surface area contributed by atoms with Crippen LogP contribution in [0.5, 0.6) is 0 Å². The summed E-state index contributed by atoms with van der Waals surface area (Å²) in [6, 6.07) is 7.49. The molecule has 1 atom stereocenters. The van der Waals surface area contributed by atoms with Crippen LogP contribution in [0.2, 0.25) is 0 Å². The number of hydrogen-bond acceptors (Lipinski definition) is 3. The number of ketones is 1. The molecule has 0 aliphatic carbocycles. The van der Waals surface area contributed by atoms with Crippen LogP contribution in [0.25, 0.3) is 0 Å². The van der Waals surface area contributed by atoms with Crippen molar-refractivity contribution in [3.05, 3.63) is 35.4 Å². The van der Waals surface area contributed by atoms with E-state index in [1.807, 2.05) is 31.2 Å². The van der Waals surface area contributed by atoms with Crippen molar-refractivity contribution in [2.75, 3.05) is 19.6 Å². The van der Waals surface area contributed by atoms with E-state index < -0.39 is 0 Å². The molecule has 1 unspecified atom stereocenters. The summed E-state index contributed by atoms with van der Waals surface area (Å²) in [7, 11) is 0. The Balaban J connectivity index is 0.00000242. The highest BCUT2D eigenvalue weighted by Crippen LogP contribution is 2.09. The lowest BCUT2D eigenvalue weighted by atomic mass is 9.99. The second-order valence-electron chi connectivity index (χ2n) is 5.81. The Labute approximate surface area is 138 Å². The highest BCUT2D eigenvalue weighted by molar-refractivity contribution is 5.97. The van der Waals surface area contributed by atoms with Gasteiger partial charge in [0.15, 0.2) is 5.78 Å². The zero-order valence-corrected chi connectivity index (χ0v) is 13.9. The topological polar surface area (TPSA) is 58.2 Å². The molecule has 1 heterocycles. The van der Waals surface area contributed by atoms with E-state index in [-0.39, 0.29) is 36.9 Å². The summed E-state index contributed by atoms with van der Waals surface area (Å²) in [6.45, 7) is 4.75. The number of benzene rings is 1. The third-order valence-corrected chi connectivity index (χ3v) is 3.94. The van der Waals surface area contributed by atoms with Gasteiger partial charge in [0.2, 0.25) is 5.91 Å². The largest absolute Gasteiger partial charge is 0.356 e. The van der Waals surface area contributed by atoms with E-state index >= 15 is 0 Å². The molecule has 2 N–H and O–H groups in total. The summed E-state index contributed by atoms with van der Waals surface area (Å²) in [5.41, 5.74) is 1.82. The van der Waals surface area contributed by atoms with Gasteiger partial charge in [0, 0.05) is 24.9 Å². The Bertz CT molecular complexity index is 482. The summed E-state index contributed by atoms with van der Waals surface area (Å²) in [5, 5.41) is 6.27. The van der Waals surface area contributed by atoms with Crippen LogP contribution in [0.3, 0.4) is 0 Å². The first-order valence-corrected chi connectivity index (χ1v) is 7.72. The molecule has 0 saturated carbocycles. The molecule has 0 radical (unpaired) electrons. The zero-order valence-electron chi connectivity index (χ0n) is 13.1. The van der Waals surface area contributed by atoms with E-state index in [9.17, 15) is 9.59 Å². The number of Topliss-reactive ketones (excluding diaryl/α,β-unsaturated/α-hetero) is 1. The van der Waals surface area contributed by atoms with Gasteiger partial charge >= 0.3 is 0 Å². The number of aryl methyl sites for hydroxylation is 1. The SMILES string of the molecule is Cc1ccc(C(=O)CCC(=O)NCC2CCCNC2)cc1.Cl. The Morgan fingerprint density at radius 1 is 1.23 bits per heavy atom. The second kappa shape index (κ2) is 9.59. The molecule has 22 heavy (non-hydrogen) atoms. The van der Waals surface area contributed by atoms with Gasteiger partial charge in [-0.2, -0.15) is 0 Å². The van der Waals surface area contributed by atoms with Crippen molar-refractivity contribution < 1.29 is 9.59 Å². The Morgan fingerprint density at radius 2 is 1.95 bits per heavy atom. The molecule has 0 spiro atoms. The number of amides is 1. The maximum atomic E-state index is 12.0. The molecule has 4 nitrogen and oxygen atoms in total.